The second kappa shape index (κ2) is 8.66. The van der Waals surface area contributed by atoms with E-state index < -0.39 is 17.8 Å². The van der Waals surface area contributed by atoms with Crippen LogP contribution in [-0.2, 0) is 11.0 Å². The lowest BCUT2D eigenvalue weighted by Gasteiger charge is -2.38. The zero-order chi connectivity index (χ0) is 22.2. The van der Waals surface area contributed by atoms with Crippen LogP contribution in [0, 0.1) is 0 Å². The number of pyridine rings is 1. The molecule has 0 spiro atoms. The van der Waals surface area contributed by atoms with Crippen molar-refractivity contribution < 1.29 is 22.8 Å². The molecule has 2 aromatic rings. The lowest BCUT2D eigenvalue weighted by Crippen LogP contribution is -2.54. The Morgan fingerprint density at radius 3 is 2.52 bits per heavy atom. The molecule has 1 unspecified atom stereocenters. The zero-order valence-corrected chi connectivity index (χ0v) is 18.0. The number of alkyl halides is 3. The normalized spacial score (nSPS) is 19.7. The summed E-state index contributed by atoms with van der Waals surface area (Å²) in [5.41, 5.74) is -0.896. The third-order valence-corrected chi connectivity index (χ3v) is 6.71. The van der Waals surface area contributed by atoms with Crippen LogP contribution < -0.4 is 4.90 Å². The van der Waals surface area contributed by atoms with Crippen LogP contribution in [-0.4, -0.2) is 65.4 Å². The Kier molecular flexibility index (Phi) is 6.11. The van der Waals surface area contributed by atoms with E-state index in [1.807, 2.05) is 11.4 Å². The van der Waals surface area contributed by atoms with Crippen molar-refractivity contribution in [1.29, 1.82) is 0 Å². The van der Waals surface area contributed by atoms with Crippen LogP contribution in [0.5, 0.6) is 0 Å². The van der Waals surface area contributed by atoms with Crippen molar-refractivity contribution in [2.75, 3.05) is 37.6 Å². The molecule has 0 aromatic carbocycles. The minimum atomic E-state index is -4.51. The molecule has 166 valence electrons. The minimum absolute atomic E-state index is 0.0712. The van der Waals surface area contributed by atoms with Crippen molar-refractivity contribution in [1.82, 2.24) is 14.8 Å². The molecule has 31 heavy (non-hydrogen) atoms. The average Bonchev–Trinajstić information content (AvgIpc) is 3.44. The number of hydrogen-bond acceptors (Lipinski definition) is 5. The van der Waals surface area contributed by atoms with E-state index in [1.165, 1.54) is 11.3 Å². The number of piperazine rings is 1. The van der Waals surface area contributed by atoms with Crippen LogP contribution in [0.15, 0.2) is 29.8 Å². The molecule has 6 nitrogen and oxygen atoms in total. The van der Waals surface area contributed by atoms with E-state index in [4.69, 9.17) is 11.6 Å². The second-order valence-electron chi connectivity index (χ2n) is 7.47. The maximum Gasteiger partial charge on any atom is 0.417 e. The van der Waals surface area contributed by atoms with Gasteiger partial charge in [0.25, 0.3) is 5.91 Å². The van der Waals surface area contributed by atoms with E-state index >= 15 is 0 Å². The summed E-state index contributed by atoms with van der Waals surface area (Å²) in [6.07, 6.45) is -2.33. The Bertz CT molecular complexity index is 962. The van der Waals surface area contributed by atoms with Crippen molar-refractivity contribution in [3.8, 4) is 0 Å². The van der Waals surface area contributed by atoms with Gasteiger partial charge in [-0.25, -0.2) is 4.98 Å². The molecule has 2 aliphatic rings. The highest BCUT2D eigenvalue weighted by atomic mass is 35.5. The van der Waals surface area contributed by atoms with Gasteiger partial charge in [0.2, 0.25) is 5.91 Å². The zero-order valence-electron chi connectivity index (χ0n) is 16.4. The van der Waals surface area contributed by atoms with Gasteiger partial charge in [-0.3, -0.25) is 9.59 Å². The Morgan fingerprint density at radius 2 is 1.90 bits per heavy atom. The van der Waals surface area contributed by atoms with E-state index in [9.17, 15) is 22.8 Å². The molecule has 2 fully saturated rings. The fourth-order valence-corrected chi connectivity index (χ4v) is 4.94. The van der Waals surface area contributed by atoms with Gasteiger partial charge in [0, 0.05) is 38.9 Å². The van der Waals surface area contributed by atoms with Crippen LogP contribution in [0.3, 0.4) is 0 Å². The first-order chi connectivity index (χ1) is 14.8. The van der Waals surface area contributed by atoms with Crippen molar-refractivity contribution in [2.45, 2.75) is 25.1 Å². The van der Waals surface area contributed by atoms with E-state index in [2.05, 4.69) is 4.98 Å². The van der Waals surface area contributed by atoms with Gasteiger partial charge in [-0.15, -0.1) is 11.3 Å². The highest BCUT2D eigenvalue weighted by molar-refractivity contribution is 7.12. The van der Waals surface area contributed by atoms with Gasteiger partial charge in [0.05, 0.1) is 15.5 Å². The van der Waals surface area contributed by atoms with E-state index in [-0.39, 0.29) is 22.7 Å². The molecule has 0 aliphatic carbocycles. The van der Waals surface area contributed by atoms with Gasteiger partial charge in [0.15, 0.2) is 0 Å². The molecule has 4 rings (SSSR count). The fraction of sp³-hybridized carbons (Fsp3) is 0.450. The maximum atomic E-state index is 13.1. The topological polar surface area (TPSA) is 56.8 Å². The SMILES string of the molecule is O=C(C1CCCN1C(=O)c1cccs1)N1CCN(c2ncc(C(F)(F)F)cc2Cl)CC1. The molecule has 2 saturated heterocycles. The largest absolute Gasteiger partial charge is 0.417 e. The van der Waals surface area contributed by atoms with Crippen molar-refractivity contribution in [3.63, 3.8) is 0 Å². The lowest BCUT2D eigenvalue weighted by atomic mass is 10.1. The third-order valence-electron chi connectivity index (χ3n) is 5.57. The molecular formula is C20H20ClF3N4O2S. The van der Waals surface area contributed by atoms with Crippen LogP contribution in [0.25, 0.3) is 0 Å². The number of hydrogen-bond donors (Lipinski definition) is 0. The van der Waals surface area contributed by atoms with Gasteiger partial charge in [-0.2, -0.15) is 13.2 Å². The van der Waals surface area contributed by atoms with E-state index in [0.29, 0.717) is 44.0 Å². The van der Waals surface area contributed by atoms with Crippen molar-refractivity contribution in [2.24, 2.45) is 0 Å². The van der Waals surface area contributed by atoms with Crippen LogP contribution >= 0.6 is 22.9 Å². The third kappa shape index (κ3) is 4.50. The number of carbonyl (C=O) groups is 2. The number of carbonyl (C=O) groups excluding carboxylic acids is 2. The quantitative estimate of drug-likeness (QED) is 0.682. The number of anilines is 1. The van der Waals surface area contributed by atoms with Gasteiger partial charge < -0.3 is 14.7 Å². The summed E-state index contributed by atoms with van der Waals surface area (Å²) in [5, 5.41) is 1.76. The Hall–Kier alpha value is -2.33. The maximum absolute atomic E-state index is 13.1. The Morgan fingerprint density at radius 1 is 1.16 bits per heavy atom. The summed E-state index contributed by atoms with van der Waals surface area (Å²) in [5.74, 6) is 0.0656. The molecule has 0 bridgehead atoms. The summed E-state index contributed by atoms with van der Waals surface area (Å²) >= 11 is 7.40. The standard InChI is InChI=1S/C20H20ClF3N4O2S/c21-14-11-13(20(22,23)24)12-25-17(14)26-6-8-27(9-7-26)18(29)15-3-1-5-28(15)19(30)16-4-2-10-31-16/h2,4,10-12,15H,1,3,5-9H2. The van der Waals surface area contributed by atoms with Crippen LogP contribution in [0.4, 0.5) is 19.0 Å². The summed E-state index contributed by atoms with van der Waals surface area (Å²) in [4.78, 5) is 35.5. The number of halogens is 4. The minimum Gasteiger partial charge on any atom is -0.352 e. The average molecular weight is 473 g/mol. The molecule has 1 atom stereocenters. The highest BCUT2D eigenvalue weighted by Crippen LogP contribution is 2.34. The summed E-state index contributed by atoms with van der Waals surface area (Å²) in [6.45, 7) is 2.12. The number of aromatic nitrogens is 1. The predicted molar refractivity (Wildman–Crippen MR) is 111 cm³/mol. The summed E-state index contributed by atoms with van der Waals surface area (Å²) < 4.78 is 38.5. The molecule has 11 heteroatoms. The van der Waals surface area contributed by atoms with Gasteiger partial charge in [0.1, 0.15) is 11.9 Å². The van der Waals surface area contributed by atoms with E-state index in [1.54, 1.807) is 20.8 Å². The smallest absolute Gasteiger partial charge is 0.352 e. The molecular weight excluding hydrogens is 453 g/mol. The summed E-state index contributed by atoms with van der Waals surface area (Å²) in [7, 11) is 0. The Balaban J connectivity index is 1.39. The van der Waals surface area contributed by atoms with Crippen LogP contribution in [0.1, 0.15) is 28.1 Å². The number of nitrogens with zero attached hydrogens (tertiary/aromatic N) is 4. The monoisotopic (exact) mass is 472 g/mol. The van der Waals surface area contributed by atoms with Crippen molar-refractivity contribution >= 4 is 40.6 Å². The lowest BCUT2D eigenvalue weighted by molar-refractivity contribution is -0.138. The summed E-state index contributed by atoms with van der Waals surface area (Å²) in [6, 6.07) is 3.96. The number of thiophene rings is 1. The van der Waals surface area contributed by atoms with Gasteiger partial charge in [-0.05, 0) is 30.4 Å². The molecule has 0 saturated carbocycles. The first-order valence-electron chi connectivity index (χ1n) is 9.86. The van der Waals surface area contributed by atoms with E-state index in [0.717, 1.165) is 18.7 Å². The number of rotatable bonds is 3. The van der Waals surface area contributed by atoms with Gasteiger partial charge >= 0.3 is 6.18 Å². The number of likely N-dealkylation sites (tertiary alicyclic amines) is 1. The molecule has 0 radical (unpaired) electrons. The second-order valence-corrected chi connectivity index (χ2v) is 8.83. The fourth-order valence-electron chi connectivity index (χ4n) is 3.98. The molecule has 2 aromatic heterocycles. The molecule has 4 heterocycles. The number of amides is 2. The van der Waals surface area contributed by atoms with Crippen LogP contribution in [0.2, 0.25) is 5.02 Å². The Labute approximate surface area is 186 Å². The molecule has 2 aliphatic heterocycles. The molecule has 0 N–H and O–H groups in total. The molecule has 2 amide bonds. The van der Waals surface area contributed by atoms with Crippen molar-refractivity contribution in [3.05, 3.63) is 45.2 Å². The first-order valence-corrected chi connectivity index (χ1v) is 11.1. The van der Waals surface area contributed by atoms with Gasteiger partial charge in [-0.1, -0.05) is 17.7 Å². The first kappa shape index (κ1) is 21.9. The highest BCUT2D eigenvalue weighted by Gasteiger charge is 2.38. The predicted octanol–water partition coefficient (Wildman–Crippen LogP) is 3.77.